The number of aryl methyl sites for hydroxylation is 3. The van der Waals surface area contributed by atoms with Crippen LogP contribution in [0.25, 0.3) is 0 Å². The maximum atomic E-state index is 6.75. The summed E-state index contributed by atoms with van der Waals surface area (Å²) < 4.78 is 10.7. The number of ether oxygens (including phenoxy) is 2. The molecule has 2 nitrogen and oxygen atoms in total. The van der Waals surface area contributed by atoms with Crippen LogP contribution in [0, 0.1) is 20.8 Å². The molecule has 0 heterocycles. The Labute approximate surface area is 131 Å². The van der Waals surface area contributed by atoms with Crippen LogP contribution in [-0.4, -0.2) is 14.2 Å². The number of hydrogen-bond acceptors (Lipinski definition) is 2. The molecular weight excluding hydrogens is 284 g/mol. The second-order valence-corrected chi connectivity index (χ2v) is 5.72. The first-order chi connectivity index (χ1) is 9.97. The van der Waals surface area contributed by atoms with E-state index in [-0.39, 0.29) is 5.38 Å². The minimum Gasteiger partial charge on any atom is -0.497 e. The van der Waals surface area contributed by atoms with Gasteiger partial charge >= 0.3 is 0 Å². The topological polar surface area (TPSA) is 18.5 Å². The van der Waals surface area contributed by atoms with Crippen molar-refractivity contribution in [3.63, 3.8) is 0 Å². The van der Waals surface area contributed by atoms with E-state index in [9.17, 15) is 0 Å². The smallest absolute Gasteiger partial charge is 0.127 e. The summed E-state index contributed by atoms with van der Waals surface area (Å²) in [6, 6.07) is 10.1. The summed E-state index contributed by atoms with van der Waals surface area (Å²) in [4.78, 5) is 0. The Hall–Kier alpha value is -1.67. The predicted octanol–water partition coefficient (Wildman–Crippen LogP) is 4.96. The second kappa shape index (κ2) is 6.40. The van der Waals surface area contributed by atoms with E-state index in [2.05, 4.69) is 32.9 Å². The fourth-order valence-electron chi connectivity index (χ4n) is 2.77. The Morgan fingerprint density at radius 2 is 1.52 bits per heavy atom. The van der Waals surface area contributed by atoms with E-state index in [0.29, 0.717) is 0 Å². The normalized spacial score (nSPS) is 12.1. The highest BCUT2D eigenvalue weighted by Gasteiger charge is 2.20. The molecule has 0 aliphatic rings. The molecule has 3 heteroatoms. The molecule has 0 fully saturated rings. The van der Waals surface area contributed by atoms with Crippen LogP contribution in [-0.2, 0) is 0 Å². The fraction of sp³-hybridized carbons (Fsp3) is 0.333. The summed E-state index contributed by atoms with van der Waals surface area (Å²) in [5.74, 6) is 1.51. The molecule has 1 atom stereocenters. The van der Waals surface area contributed by atoms with Crippen LogP contribution in [0.5, 0.6) is 11.5 Å². The third kappa shape index (κ3) is 3.16. The molecule has 0 radical (unpaired) electrons. The Kier molecular flexibility index (Phi) is 4.79. The van der Waals surface area contributed by atoms with Crippen molar-refractivity contribution in [2.24, 2.45) is 0 Å². The van der Waals surface area contributed by atoms with Gasteiger partial charge in [-0.3, -0.25) is 0 Å². The first-order valence-corrected chi connectivity index (χ1v) is 7.35. The number of halogens is 1. The standard InChI is InChI=1S/C18H21ClO2/c1-11-8-12(2)17(13(3)9-11)18(19)15-7-6-14(20-4)10-16(15)21-5/h6-10,18H,1-5H3. The van der Waals surface area contributed by atoms with E-state index in [4.69, 9.17) is 21.1 Å². The lowest BCUT2D eigenvalue weighted by atomic mass is 9.93. The van der Waals surface area contributed by atoms with Gasteiger partial charge in [-0.05, 0) is 49.6 Å². The molecule has 21 heavy (non-hydrogen) atoms. The van der Waals surface area contributed by atoms with Crippen LogP contribution in [0.1, 0.15) is 33.2 Å². The Balaban J connectivity index is 2.52. The largest absolute Gasteiger partial charge is 0.497 e. The number of alkyl halides is 1. The van der Waals surface area contributed by atoms with Gasteiger partial charge in [0, 0.05) is 11.6 Å². The van der Waals surface area contributed by atoms with Crippen molar-refractivity contribution in [2.75, 3.05) is 14.2 Å². The minimum absolute atomic E-state index is 0.244. The van der Waals surface area contributed by atoms with Gasteiger partial charge in [0.1, 0.15) is 11.5 Å². The van der Waals surface area contributed by atoms with E-state index in [1.807, 2.05) is 18.2 Å². The van der Waals surface area contributed by atoms with E-state index in [1.54, 1.807) is 14.2 Å². The van der Waals surface area contributed by atoms with Gasteiger partial charge in [-0.2, -0.15) is 0 Å². The molecule has 0 saturated heterocycles. The molecule has 2 rings (SSSR count). The molecule has 0 saturated carbocycles. The van der Waals surface area contributed by atoms with Crippen molar-refractivity contribution >= 4 is 11.6 Å². The lowest BCUT2D eigenvalue weighted by Gasteiger charge is -2.19. The summed E-state index contributed by atoms with van der Waals surface area (Å²) in [6.07, 6.45) is 0. The van der Waals surface area contributed by atoms with Gasteiger partial charge in [0.05, 0.1) is 19.6 Å². The Morgan fingerprint density at radius 3 is 2.05 bits per heavy atom. The third-order valence-electron chi connectivity index (χ3n) is 3.71. The predicted molar refractivity (Wildman–Crippen MR) is 87.9 cm³/mol. The van der Waals surface area contributed by atoms with Crippen LogP contribution in [0.15, 0.2) is 30.3 Å². The molecule has 1 unspecified atom stereocenters. The Bertz CT molecular complexity index is 627. The molecule has 0 spiro atoms. The fourth-order valence-corrected chi connectivity index (χ4v) is 3.30. The molecule has 2 aromatic carbocycles. The molecule has 2 aromatic rings. The lowest BCUT2D eigenvalue weighted by Crippen LogP contribution is -2.03. The zero-order valence-corrected chi connectivity index (χ0v) is 13.9. The summed E-state index contributed by atoms with van der Waals surface area (Å²) >= 11 is 6.75. The van der Waals surface area contributed by atoms with Crippen molar-refractivity contribution in [1.82, 2.24) is 0 Å². The van der Waals surface area contributed by atoms with Crippen molar-refractivity contribution in [1.29, 1.82) is 0 Å². The molecule has 0 aliphatic heterocycles. The van der Waals surface area contributed by atoms with Gasteiger partial charge in [0.15, 0.2) is 0 Å². The Morgan fingerprint density at radius 1 is 0.905 bits per heavy atom. The molecule has 112 valence electrons. The quantitative estimate of drug-likeness (QED) is 0.743. The maximum absolute atomic E-state index is 6.75. The third-order valence-corrected chi connectivity index (χ3v) is 4.16. The highest BCUT2D eigenvalue weighted by atomic mass is 35.5. The summed E-state index contributed by atoms with van der Waals surface area (Å²) in [5.41, 5.74) is 5.75. The van der Waals surface area contributed by atoms with Gasteiger partial charge in [-0.15, -0.1) is 11.6 Å². The first kappa shape index (κ1) is 15.7. The average Bonchev–Trinajstić information content (AvgIpc) is 2.45. The zero-order valence-electron chi connectivity index (χ0n) is 13.2. The molecule has 0 bridgehead atoms. The summed E-state index contributed by atoms with van der Waals surface area (Å²) in [7, 11) is 3.29. The van der Waals surface area contributed by atoms with E-state index < -0.39 is 0 Å². The molecule has 0 aromatic heterocycles. The van der Waals surface area contributed by atoms with Crippen LogP contribution in [0.3, 0.4) is 0 Å². The van der Waals surface area contributed by atoms with Gasteiger partial charge in [0.25, 0.3) is 0 Å². The van der Waals surface area contributed by atoms with E-state index in [0.717, 1.165) is 22.6 Å². The SMILES string of the molecule is COc1ccc(C(Cl)c2c(C)cc(C)cc2C)c(OC)c1. The molecule has 0 N–H and O–H groups in total. The van der Waals surface area contributed by atoms with Gasteiger partial charge in [0.2, 0.25) is 0 Å². The monoisotopic (exact) mass is 304 g/mol. The van der Waals surface area contributed by atoms with Crippen molar-refractivity contribution < 1.29 is 9.47 Å². The highest BCUT2D eigenvalue weighted by Crippen LogP contribution is 2.39. The molecular formula is C18H21ClO2. The second-order valence-electron chi connectivity index (χ2n) is 5.28. The van der Waals surface area contributed by atoms with Gasteiger partial charge in [-0.1, -0.05) is 17.7 Å². The molecule has 0 amide bonds. The van der Waals surface area contributed by atoms with Gasteiger partial charge < -0.3 is 9.47 Å². The average molecular weight is 305 g/mol. The van der Waals surface area contributed by atoms with Crippen molar-refractivity contribution in [2.45, 2.75) is 26.1 Å². The number of methoxy groups -OCH3 is 2. The van der Waals surface area contributed by atoms with Gasteiger partial charge in [-0.25, -0.2) is 0 Å². The van der Waals surface area contributed by atoms with E-state index in [1.165, 1.54) is 16.7 Å². The first-order valence-electron chi connectivity index (χ1n) is 6.91. The molecule has 0 aliphatic carbocycles. The highest BCUT2D eigenvalue weighted by molar-refractivity contribution is 6.23. The van der Waals surface area contributed by atoms with Crippen LogP contribution < -0.4 is 9.47 Å². The summed E-state index contributed by atoms with van der Waals surface area (Å²) in [5, 5.41) is -0.244. The zero-order chi connectivity index (χ0) is 15.6. The van der Waals surface area contributed by atoms with Crippen LogP contribution >= 0.6 is 11.6 Å². The van der Waals surface area contributed by atoms with Crippen LogP contribution in [0.4, 0.5) is 0 Å². The summed E-state index contributed by atoms with van der Waals surface area (Å²) in [6.45, 7) is 6.29. The number of benzene rings is 2. The van der Waals surface area contributed by atoms with Crippen molar-refractivity contribution in [3.8, 4) is 11.5 Å². The van der Waals surface area contributed by atoms with Crippen molar-refractivity contribution in [3.05, 3.63) is 58.1 Å². The number of hydrogen-bond donors (Lipinski definition) is 0. The lowest BCUT2D eigenvalue weighted by molar-refractivity contribution is 0.391. The minimum atomic E-state index is -0.244. The number of rotatable bonds is 4. The van der Waals surface area contributed by atoms with E-state index >= 15 is 0 Å². The van der Waals surface area contributed by atoms with Crippen LogP contribution in [0.2, 0.25) is 0 Å². The maximum Gasteiger partial charge on any atom is 0.127 e.